The Morgan fingerprint density at radius 2 is 1.76 bits per heavy atom. The van der Waals surface area contributed by atoms with E-state index in [2.05, 4.69) is 24.8 Å². The minimum atomic E-state index is -0.449. The van der Waals surface area contributed by atoms with Gasteiger partial charge >= 0.3 is 0 Å². The predicted molar refractivity (Wildman–Crippen MR) is 150 cm³/mol. The Morgan fingerprint density at radius 3 is 2.27 bits per heavy atom. The largest absolute Gasteiger partial charge is 0.338 e. The molecule has 3 aliphatic rings. The fraction of sp³-hybridized carbons (Fsp3) is 0.645. The van der Waals surface area contributed by atoms with Crippen LogP contribution < -0.4 is 5.73 Å². The van der Waals surface area contributed by atoms with E-state index in [0.29, 0.717) is 35.7 Å². The standard InChI is InChI=1S/C11H17NO.C11H20O.C8H7FO.CH5N/c1-2-9-4-3-7-12(8-9)11(13)10-5-6-10;1-9(2)11(12)8-10-6-4-3-5-7-10;1-6-2-3-7(5-10)8(9)4-6;1-2/h3-4,9-10H,2,5-8H2,1H3;9-10H,3-8H2,1-2H3;2-5H,1H3;2H2,1H3. The van der Waals surface area contributed by atoms with Crippen molar-refractivity contribution in [3.8, 4) is 0 Å². The SMILES string of the molecule is CC(C)C(=O)CC1CCCCC1.CCC1C=CCN(C(=O)C2CC2)C1.CN.Cc1ccc(C=O)c(F)c1. The van der Waals surface area contributed by atoms with Gasteiger partial charge in [-0.1, -0.05) is 71.1 Å². The molecule has 0 saturated heterocycles. The molecule has 0 spiro atoms. The molecule has 4 rings (SSSR count). The Bertz CT molecular complexity index is 858. The number of rotatable bonds is 6. The predicted octanol–water partition coefficient (Wildman–Crippen LogP) is 6.52. The monoisotopic (exact) mass is 516 g/mol. The van der Waals surface area contributed by atoms with Crippen LogP contribution in [0.3, 0.4) is 0 Å². The molecule has 0 aromatic heterocycles. The Kier molecular flexibility index (Phi) is 15.9. The van der Waals surface area contributed by atoms with Gasteiger partial charge < -0.3 is 10.6 Å². The van der Waals surface area contributed by atoms with E-state index in [9.17, 15) is 18.8 Å². The van der Waals surface area contributed by atoms with Gasteiger partial charge in [0.1, 0.15) is 11.6 Å². The Labute approximate surface area is 224 Å². The summed E-state index contributed by atoms with van der Waals surface area (Å²) < 4.78 is 12.6. The zero-order valence-electron chi connectivity index (χ0n) is 23.7. The lowest BCUT2D eigenvalue weighted by Gasteiger charge is -2.28. The topological polar surface area (TPSA) is 80.5 Å². The molecule has 1 unspecified atom stereocenters. The minimum Gasteiger partial charge on any atom is -0.338 e. The first-order chi connectivity index (χ1) is 17.7. The second kappa shape index (κ2) is 18.0. The van der Waals surface area contributed by atoms with Crippen LogP contribution in [0.2, 0.25) is 0 Å². The van der Waals surface area contributed by atoms with Crippen LogP contribution in [0.5, 0.6) is 0 Å². The van der Waals surface area contributed by atoms with Gasteiger partial charge in [-0.2, -0.15) is 0 Å². The van der Waals surface area contributed by atoms with E-state index in [1.165, 1.54) is 51.3 Å². The van der Waals surface area contributed by atoms with Gasteiger partial charge in [-0.25, -0.2) is 4.39 Å². The minimum absolute atomic E-state index is 0.116. The van der Waals surface area contributed by atoms with E-state index in [4.69, 9.17) is 0 Å². The molecule has 208 valence electrons. The van der Waals surface area contributed by atoms with Gasteiger partial charge in [0.05, 0.1) is 5.56 Å². The van der Waals surface area contributed by atoms with Crippen molar-refractivity contribution in [3.63, 3.8) is 0 Å². The summed E-state index contributed by atoms with van der Waals surface area (Å²) in [7, 11) is 1.50. The maximum Gasteiger partial charge on any atom is 0.225 e. The van der Waals surface area contributed by atoms with Gasteiger partial charge in [-0.05, 0) is 62.8 Å². The zero-order valence-corrected chi connectivity index (χ0v) is 23.7. The third-order valence-electron chi connectivity index (χ3n) is 7.09. The summed E-state index contributed by atoms with van der Waals surface area (Å²) in [4.78, 5) is 35.2. The summed E-state index contributed by atoms with van der Waals surface area (Å²) in [5.74, 6) is 2.33. The first-order valence-corrected chi connectivity index (χ1v) is 14.0. The first-order valence-electron chi connectivity index (χ1n) is 14.0. The van der Waals surface area contributed by atoms with E-state index in [1.807, 2.05) is 18.7 Å². The molecule has 5 nitrogen and oxygen atoms in total. The van der Waals surface area contributed by atoms with Crippen LogP contribution in [0.25, 0.3) is 0 Å². The second-order valence-corrected chi connectivity index (χ2v) is 10.6. The number of carbonyl (C=O) groups excluding carboxylic acids is 3. The maximum absolute atomic E-state index is 12.6. The molecular weight excluding hydrogens is 467 g/mol. The average Bonchev–Trinajstić information content (AvgIpc) is 3.76. The molecular formula is C31H49FN2O3. The van der Waals surface area contributed by atoms with Crippen LogP contribution in [0.4, 0.5) is 4.39 Å². The summed E-state index contributed by atoms with van der Waals surface area (Å²) in [6, 6.07) is 4.51. The summed E-state index contributed by atoms with van der Waals surface area (Å²) in [5.41, 5.74) is 5.44. The number of aldehydes is 1. The molecule has 0 radical (unpaired) electrons. The van der Waals surface area contributed by atoms with Crippen LogP contribution in [0.1, 0.15) is 94.5 Å². The summed E-state index contributed by atoms with van der Waals surface area (Å²) in [6.07, 6.45) is 15.8. The molecule has 1 heterocycles. The van der Waals surface area contributed by atoms with Crippen LogP contribution >= 0.6 is 0 Å². The molecule has 1 atom stereocenters. The molecule has 1 aromatic carbocycles. The van der Waals surface area contributed by atoms with Crippen molar-refractivity contribution in [1.82, 2.24) is 4.90 Å². The number of amides is 1. The van der Waals surface area contributed by atoms with Crippen molar-refractivity contribution in [3.05, 3.63) is 47.3 Å². The van der Waals surface area contributed by atoms with E-state index >= 15 is 0 Å². The third kappa shape index (κ3) is 12.6. The fourth-order valence-corrected chi connectivity index (χ4v) is 4.47. The number of halogens is 1. The first kappa shape index (κ1) is 32.7. The highest BCUT2D eigenvalue weighted by Crippen LogP contribution is 2.32. The second-order valence-electron chi connectivity index (χ2n) is 10.6. The van der Waals surface area contributed by atoms with Crippen molar-refractivity contribution in [1.29, 1.82) is 0 Å². The fourth-order valence-electron chi connectivity index (χ4n) is 4.47. The van der Waals surface area contributed by atoms with Crippen molar-refractivity contribution < 1.29 is 18.8 Å². The number of nitrogens with zero attached hydrogens (tertiary/aromatic N) is 1. The van der Waals surface area contributed by atoms with E-state index in [0.717, 1.165) is 44.3 Å². The summed E-state index contributed by atoms with van der Waals surface area (Å²) in [6.45, 7) is 9.75. The van der Waals surface area contributed by atoms with Crippen LogP contribution in [0, 0.1) is 36.4 Å². The lowest BCUT2D eigenvalue weighted by molar-refractivity contribution is -0.132. The number of Topliss-reactive ketones (excluding diaryl/α,β-unsaturated/α-hetero) is 1. The summed E-state index contributed by atoms with van der Waals surface area (Å²) >= 11 is 0. The van der Waals surface area contributed by atoms with Gasteiger partial charge in [0.15, 0.2) is 6.29 Å². The van der Waals surface area contributed by atoms with Gasteiger partial charge in [0.25, 0.3) is 0 Å². The highest BCUT2D eigenvalue weighted by atomic mass is 19.1. The van der Waals surface area contributed by atoms with E-state index in [-0.39, 0.29) is 11.5 Å². The number of carbonyl (C=O) groups is 3. The maximum atomic E-state index is 12.6. The molecule has 1 aromatic rings. The van der Waals surface area contributed by atoms with Crippen LogP contribution in [-0.4, -0.2) is 43.0 Å². The number of benzene rings is 1. The Balaban J connectivity index is 0.000000271. The number of aryl methyl sites for hydroxylation is 1. The van der Waals surface area contributed by atoms with E-state index < -0.39 is 5.82 Å². The number of hydrogen-bond donors (Lipinski definition) is 1. The molecule has 6 heteroatoms. The molecule has 37 heavy (non-hydrogen) atoms. The number of ketones is 1. The molecule has 2 N–H and O–H groups in total. The van der Waals surface area contributed by atoms with Crippen molar-refractivity contribution >= 4 is 18.0 Å². The Hall–Kier alpha value is -2.34. The van der Waals surface area contributed by atoms with Crippen molar-refractivity contribution in [2.45, 2.75) is 85.5 Å². The van der Waals surface area contributed by atoms with E-state index in [1.54, 1.807) is 13.0 Å². The zero-order chi connectivity index (χ0) is 27.8. The van der Waals surface area contributed by atoms with Gasteiger partial charge in [0, 0.05) is 31.3 Å². The average molecular weight is 517 g/mol. The van der Waals surface area contributed by atoms with Gasteiger partial charge in [-0.15, -0.1) is 0 Å². The smallest absolute Gasteiger partial charge is 0.225 e. The molecule has 1 amide bonds. The number of hydrogen-bond acceptors (Lipinski definition) is 4. The lowest BCUT2D eigenvalue weighted by atomic mass is 9.84. The molecule has 2 aliphatic carbocycles. The highest BCUT2D eigenvalue weighted by molar-refractivity contribution is 5.81. The third-order valence-corrected chi connectivity index (χ3v) is 7.09. The van der Waals surface area contributed by atoms with Crippen molar-refractivity contribution in [2.75, 3.05) is 20.1 Å². The summed E-state index contributed by atoms with van der Waals surface area (Å²) in [5, 5.41) is 0. The van der Waals surface area contributed by atoms with Crippen molar-refractivity contribution in [2.24, 2.45) is 29.4 Å². The molecule has 0 bridgehead atoms. The molecule has 2 saturated carbocycles. The lowest BCUT2D eigenvalue weighted by Crippen LogP contribution is -2.38. The van der Waals surface area contributed by atoms with Crippen LogP contribution in [-0.2, 0) is 9.59 Å². The quantitative estimate of drug-likeness (QED) is 0.345. The number of nitrogens with two attached hydrogens (primary N) is 1. The van der Waals surface area contributed by atoms with Gasteiger partial charge in [0.2, 0.25) is 5.91 Å². The highest BCUT2D eigenvalue weighted by Gasteiger charge is 2.34. The van der Waals surface area contributed by atoms with Crippen LogP contribution in [0.15, 0.2) is 30.4 Å². The van der Waals surface area contributed by atoms with Gasteiger partial charge in [-0.3, -0.25) is 14.4 Å². The molecule has 2 fully saturated rings. The molecule has 1 aliphatic heterocycles. The Morgan fingerprint density at radius 1 is 1.11 bits per heavy atom. The normalized spacial score (nSPS) is 18.9.